The summed E-state index contributed by atoms with van der Waals surface area (Å²) in [7, 11) is 0. The number of nitrogens with zero attached hydrogens (tertiary/aromatic N) is 3. The molecule has 0 spiro atoms. The van der Waals surface area contributed by atoms with Gasteiger partial charge < -0.3 is 5.32 Å². The molecule has 108 valence electrons. The highest BCUT2D eigenvalue weighted by atomic mass is 79.9. The summed E-state index contributed by atoms with van der Waals surface area (Å²) in [6.45, 7) is 6.41. The first-order chi connectivity index (χ1) is 9.94. The summed E-state index contributed by atoms with van der Waals surface area (Å²) in [5, 5.41) is 3.55. The first kappa shape index (κ1) is 14.1. The largest absolute Gasteiger partial charge is 0.365 e. The van der Waals surface area contributed by atoms with Crippen molar-refractivity contribution in [3.8, 4) is 11.3 Å². The minimum absolute atomic E-state index is 0.0603. The minimum atomic E-state index is -0.0603. The fraction of sp³-hybridized carbons (Fsp3) is 0.250. The van der Waals surface area contributed by atoms with Crippen LogP contribution in [0, 0.1) is 0 Å². The lowest BCUT2D eigenvalue weighted by molar-refractivity contribution is 0.629. The van der Waals surface area contributed by atoms with Crippen molar-refractivity contribution in [3.05, 3.63) is 47.3 Å². The SMILES string of the molecule is CC(C)(C)Nc1c(-c2ccccc2)nc2cnc(Br)cn12. The van der Waals surface area contributed by atoms with Crippen LogP contribution in [0.3, 0.4) is 0 Å². The summed E-state index contributed by atoms with van der Waals surface area (Å²) in [6, 6.07) is 10.2. The van der Waals surface area contributed by atoms with E-state index in [4.69, 9.17) is 4.98 Å². The molecule has 0 fully saturated rings. The van der Waals surface area contributed by atoms with Crippen molar-refractivity contribution in [1.82, 2.24) is 14.4 Å². The first-order valence-electron chi connectivity index (χ1n) is 6.81. The molecular weight excluding hydrogens is 328 g/mol. The second-order valence-electron chi connectivity index (χ2n) is 5.99. The van der Waals surface area contributed by atoms with Gasteiger partial charge in [-0.3, -0.25) is 4.40 Å². The van der Waals surface area contributed by atoms with E-state index in [0.717, 1.165) is 27.3 Å². The predicted octanol–water partition coefficient (Wildman–Crippen LogP) is 4.37. The quantitative estimate of drug-likeness (QED) is 0.750. The van der Waals surface area contributed by atoms with Gasteiger partial charge in [0.15, 0.2) is 5.65 Å². The Morgan fingerprint density at radius 3 is 2.52 bits per heavy atom. The predicted molar refractivity (Wildman–Crippen MR) is 89.5 cm³/mol. The maximum atomic E-state index is 4.73. The zero-order valence-electron chi connectivity index (χ0n) is 12.3. The van der Waals surface area contributed by atoms with Crippen LogP contribution in [0.15, 0.2) is 47.3 Å². The Kier molecular flexibility index (Phi) is 3.45. The van der Waals surface area contributed by atoms with E-state index >= 15 is 0 Å². The van der Waals surface area contributed by atoms with Gasteiger partial charge in [-0.25, -0.2) is 9.97 Å². The Labute approximate surface area is 132 Å². The zero-order chi connectivity index (χ0) is 15.0. The molecule has 5 heteroatoms. The third-order valence-electron chi connectivity index (χ3n) is 3.02. The lowest BCUT2D eigenvalue weighted by Gasteiger charge is -2.22. The molecule has 0 amide bonds. The van der Waals surface area contributed by atoms with E-state index in [0.29, 0.717) is 0 Å². The van der Waals surface area contributed by atoms with Crippen LogP contribution < -0.4 is 5.32 Å². The lowest BCUT2D eigenvalue weighted by atomic mass is 10.1. The highest BCUT2D eigenvalue weighted by molar-refractivity contribution is 9.10. The number of fused-ring (bicyclic) bond motifs is 1. The molecule has 3 aromatic rings. The van der Waals surface area contributed by atoms with Crippen LogP contribution in [-0.4, -0.2) is 19.9 Å². The number of imidazole rings is 1. The molecule has 4 nitrogen and oxygen atoms in total. The summed E-state index contributed by atoms with van der Waals surface area (Å²) in [4.78, 5) is 8.98. The Balaban J connectivity index is 2.25. The zero-order valence-corrected chi connectivity index (χ0v) is 13.8. The molecule has 0 aliphatic carbocycles. The average Bonchev–Trinajstić information content (AvgIpc) is 2.76. The van der Waals surface area contributed by atoms with E-state index in [1.54, 1.807) is 6.20 Å². The van der Waals surface area contributed by atoms with Crippen molar-refractivity contribution in [2.75, 3.05) is 5.32 Å². The highest BCUT2D eigenvalue weighted by Crippen LogP contribution is 2.30. The number of hydrogen-bond donors (Lipinski definition) is 1. The molecule has 2 aromatic heterocycles. The molecular formula is C16H17BrN4. The van der Waals surface area contributed by atoms with Gasteiger partial charge >= 0.3 is 0 Å². The number of rotatable bonds is 2. The van der Waals surface area contributed by atoms with Crippen molar-refractivity contribution in [3.63, 3.8) is 0 Å². The van der Waals surface area contributed by atoms with Crippen LogP contribution >= 0.6 is 15.9 Å². The van der Waals surface area contributed by atoms with Gasteiger partial charge in [-0.2, -0.15) is 0 Å². The maximum absolute atomic E-state index is 4.73. The summed E-state index contributed by atoms with van der Waals surface area (Å²) in [5.74, 6) is 0.979. The number of aromatic nitrogens is 3. The third kappa shape index (κ3) is 2.93. The molecule has 1 N–H and O–H groups in total. The highest BCUT2D eigenvalue weighted by Gasteiger charge is 2.19. The molecule has 3 rings (SSSR count). The van der Waals surface area contributed by atoms with Gasteiger partial charge in [0.05, 0.1) is 6.20 Å². The van der Waals surface area contributed by atoms with Gasteiger partial charge in [0, 0.05) is 17.3 Å². The molecule has 0 saturated heterocycles. The monoisotopic (exact) mass is 344 g/mol. The van der Waals surface area contributed by atoms with Crippen LogP contribution in [0.4, 0.5) is 5.82 Å². The van der Waals surface area contributed by atoms with Gasteiger partial charge in [-0.15, -0.1) is 0 Å². The van der Waals surface area contributed by atoms with E-state index in [9.17, 15) is 0 Å². The molecule has 0 aliphatic heterocycles. The van der Waals surface area contributed by atoms with E-state index in [-0.39, 0.29) is 5.54 Å². The Hall–Kier alpha value is -1.88. The van der Waals surface area contributed by atoms with Crippen molar-refractivity contribution in [2.45, 2.75) is 26.3 Å². The molecule has 0 radical (unpaired) electrons. The van der Waals surface area contributed by atoms with Crippen molar-refractivity contribution in [1.29, 1.82) is 0 Å². The van der Waals surface area contributed by atoms with Crippen molar-refractivity contribution < 1.29 is 0 Å². The fourth-order valence-electron chi connectivity index (χ4n) is 2.20. The number of halogens is 1. The summed E-state index contributed by atoms with van der Waals surface area (Å²) in [5.41, 5.74) is 2.79. The smallest absolute Gasteiger partial charge is 0.157 e. The number of benzene rings is 1. The number of nitrogens with one attached hydrogen (secondary N) is 1. The second-order valence-corrected chi connectivity index (χ2v) is 6.80. The van der Waals surface area contributed by atoms with Gasteiger partial charge in [0.2, 0.25) is 0 Å². The van der Waals surface area contributed by atoms with Crippen LogP contribution in [0.25, 0.3) is 16.9 Å². The van der Waals surface area contributed by atoms with E-state index in [1.165, 1.54) is 0 Å². The molecule has 0 aliphatic rings. The Morgan fingerprint density at radius 1 is 1.14 bits per heavy atom. The normalized spacial score (nSPS) is 11.8. The molecule has 0 atom stereocenters. The third-order valence-corrected chi connectivity index (χ3v) is 3.43. The van der Waals surface area contributed by atoms with Gasteiger partial charge in [-0.05, 0) is 36.7 Å². The summed E-state index contributed by atoms with van der Waals surface area (Å²) >= 11 is 3.42. The molecule has 21 heavy (non-hydrogen) atoms. The minimum Gasteiger partial charge on any atom is -0.365 e. The van der Waals surface area contributed by atoms with Gasteiger partial charge in [0.25, 0.3) is 0 Å². The van der Waals surface area contributed by atoms with Crippen molar-refractivity contribution >= 4 is 27.4 Å². The van der Waals surface area contributed by atoms with E-state index in [2.05, 4.69) is 59.1 Å². The van der Waals surface area contributed by atoms with Crippen LogP contribution in [0.5, 0.6) is 0 Å². The summed E-state index contributed by atoms with van der Waals surface area (Å²) in [6.07, 6.45) is 3.70. The Bertz CT molecular complexity index is 772. The standard InChI is InChI=1S/C16H17BrN4/c1-16(2,3)20-15-14(11-7-5-4-6-8-11)19-13-9-18-12(17)10-21(13)15/h4-10,20H,1-3H3. The molecule has 1 aromatic carbocycles. The van der Waals surface area contributed by atoms with E-state index < -0.39 is 0 Å². The second kappa shape index (κ2) is 5.15. The van der Waals surface area contributed by atoms with Gasteiger partial charge in [0.1, 0.15) is 16.1 Å². The number of anilines is 1. The first-order valence-corrected chi connectivity index (χ1v) is 7.60. The molecule has 0 bridgehead atoms. The molecule has 0 unspecified atom stereocenters. The van der Waals surface area contributed by atoms with Crippen LogP contribution in [0.1, 0.15) is 20.8 Å². The van der Waals surface area contributed by atoms with Crippen molar-refractivity contribution in [2.24, 2.45) is 0 Å². The van der Waals surface area contributed by atoms with Crippen LogP contribution in [-0.2, 0) is 0 Å². The number of hydrogen-bond acceptors (Lipinski definition) is 3. The fourth-order valence-corrected chi connectivity index (χ4v) is 2.51. The van der Waals surface area contributed by atoms with E-state index in [1.807, 2.05) is 28.8 Å². The Morgan fingerprint density at radius 2 is 1.86 bits per heavy atom. The maximum Gasteiger partial charge on any atom is 0.157 e. The molecule has 0 saturated carbocycles. The van der Waals surface area contributed by atoms with Crippen LogP contribution in [0.2, 0.25) is 0 Å². The van der Waals surface area contributed by atoms with Gasteiger partial charge in [-0.1, -0.05) is 30.3 Å². The molecule has 2 heterocycles. The average molecular weight is 345 g/mol. The topological polar surface area (TPSA) is 42.2 Å². The summed E-state index contributed by atoms with van der Waals surface area (Å²) < 4.78 is 2.81. The lowest BCUT2D eigenvalue weighted by Crippen LogP contribution is -2.27.